The van der Waals surface area contributed by atoms with Gasteiger partial charge in [-0.3, -0.25) is 4.79 Å². The van der Waals surface area contributed by atoms with Crippen molar-refractivity contribution in [2.24, 2.45) is 0 Å². The van der Waals surface area contributed by atoms with E-state index in [1.807, 2.05) is 31.4 Å². The van der Waals surface area contributed by atoms with Crippen LogP contribution in [0.5, 0.6) is 5.75 Å². The highest BCUT2D eigenvalue weighted by Gasteiger charge is 2.15. The van der Waals surface area contributed by atoms with Gasteiger partial charge in [-0.15, -0.1) is 11.3 Å². The third-order valence-electron chi connectivity index (χ3n) is 2.71. The zero-order valence-corrected chi connectivity index (χ0v) is 11.1. The molecule has 1 aromatic heterocycles. The minimum atomic E-state index is -0.253. The van der Waals surface area contributed by atoms with E-state index in [-0.39, 0.29) is 17.7 Å². The quantitative estimate of drug-likeness (QED) is 0.891. The van der Waals surface area contributed by atoms with E-state index in [9.17, 15) is 9.90 Å². The molecule has 1 heterocycles. The highest BCUT2D eigenvalue weighted by atomic mass is 32.1. The molecule has 0 saturated heterocycles. The Hall–Kier alpha value is -1.81. The monoisotopic (exact) mass is 261 g/mol. The summed E-state index contributed by atoms with van der Waals surface area (Å²) < 4.78 is 0. The molecule has 2 rings (SSSR count). The molecule has 94 valence electrons. The molecule has 1 aromatic carbocycles. The summed E-state index contributed by atoms with van der Waals surface area (Å²) >= 11 is 1.60. The van der Waals surface area contributed by atoms with Crippen LogP contribution in [-0.4, -0.2) is 11.0 Å². The molecule has 18 heavy (non-hydrogen) atoms. The van der Waals surface area contributed by atoms with E-state index in [1.54, 1.807) is 29.5 Å². The maximum absolute atomic E-state index is 12.1. The minimum Gasteiger partial charge on any atom is -0.507 e. The molecule has 2 aromatic rings. The van der Waals surface area contributed by atoms with Crippen molar-refractivity contribution in [1.29, 1.82) is 0 Å². The standard InChI is InChI=1S/C14H15NO2S/c1-9-5-6-12(16)11(8-9)14(17)15-10(2)13-4-3-7-18-13/h3-8,10,16H,1-2H3,(H,15,17). The fraction of sp³-hybridized carbons (Fsp3) is 0.214. The van der Waals surface area contributed by atoms with Crippen LogP contribution in [0.25, 0.3) is 0 Å². The number of nitrogens with one attached hydrogen (secondary N) is 1. The number of aryl methyl sites for hydroxylation is 1. The topological polar surface area (TPSA) is 49.3 Å². The molecule has 4 heteroatoms. The smallest absolute Gasteiger partial charge is 0.255 e. The van der Waals surface area contributed by atoms with Crippen LogP contribution in [0, 0.1) is 6.92 Å². The second-order valence-corrected chi connectivity index (χ2v) is 5.21. The van der Waals surface area contributed by atoms with E-state index in [0.717, 1.165) is 10.4 Å². The van der Waals surface area contributed by atoms with Crippen LogP contribution >= 0.6 is 11.3 Å². The van der Waals surface area contributed by atoms with Gasteiger partial charge in [0.05, 0.1) is 11.6 Å². The van der Waals surface area contributed by atoms with E-state index in [0.29, 0.717) is 5.56 Å². The van der Waals surface area contributed by atoms with Crippen molar-refractivity contribution in [2.75, 3.05) is 0 Å². The first-order valence-corrected chi connectivity index (χ1v) is 6.60. The van der Waals surface area contributed by atoms with E-state index in [1.165, 1.54) is 0 Å². The van der Waals surface area contributed by atoms with Gasteiger partial charge in [0.1, 0.15) is 5.75 Å². The second-order valence-electron chi connectivity index (χ2n) is 4.23. The Labute approximate surface area is 110 Å². The number of carbonyl (C=O) groups excluding carboxylic acids is 1. The van der Waals surface area contributed by atoms with Crippen LogP contribution in [-0.2, 0) is 0 Å². The molecule has 0 aliphatic carbocycles. The molecule has 1 amide bonds. The molecule has 0 spiro atoms. The van der Waals surface area contributed by atoms with Gasteiger partial charge in [0, 0.05) is 4.88 Å². The van der Waals surface area contributed by atoms with E-state index in [4.69, 9.17) is 0 Å². The molecule has 0 fully saturated rings. The molecule has 0 aliphatic heterocycles. The molecule has 0 bridgehead atoms. The van der Waals surface area contributed by atoms with Crippen LogP contribution < -0.4 is 5.32 Å². The van der Waals surface area contributed by atoms with Crippen LogP contribution in [0.3, 0.4) is 0 Å². The summed E-state index contributed by atoms with van der Waals surface area (Å²) in [4.78, 5) is 13.1. The molecular formula is C14H15NO2S. The van der Waals surface area contributed by atoms with E-state index in [2.05, 4.69) is 5.32 Å². The van der Waals surface area contributed by atoms with Crippen molar-refractivity contribution >= 4 is 17.2 Å². The third kappa shape index (κ3) is 2.71. The highest BCUT2D eigenvalue weighted by molar-refractivity contribution is 7.10. The lowest BCUT2D eigenvalue weighted by molar-refractivity contribution is 0.0937. The summed E-state index contributed by atoms with van der Waals surface area (Å²) in [5, 5.41) is 14.5. The lowest BCUT2D eigenvalue weighted by atomic mass is 10.1. The average Bonchev–Trinajstić information content (AvgIpc) is 2.85. The Kier molecular flexibility index (Phi) is 3.67. The molecular weight excluding hydrogens is 246 g/mol. The zero-order valence-electron chi connectivity index (χ0n) is 10.3. The van der Waals surface area contributed by atoms with Gasteiger partial charge < -0.3 is 10.4 Å². The molecule has 1 atom stereocenters. The van der Waals surface area contributed by atoms with E-state index >= 15 is 0 Å². The number of aromatic hydroxyl groups is 1. The van der Waals surface area contributed by atoms with Crippen molar-refractivity contribution in [3.05, 3.63) is 51.7 Å². The molecule has 1 unspecified atom stereocenters. The number of hydrogen-bond donors (Lipinski definition) is 2. The van der Waals surface area contributed by atoms with Gasteiger partial charge in [-0.2, -0.15) is 0 Å². The number of rotatable bonds is 3. The van der Waals surface area contributed by atoms with Crippen molar-refractivity contribution in [1.82, 2.24) is 5.32 Å². The summed E-state index contributed by atoms with van der Waals surface area (Å²) in [6.45, 7) is 3.81. The minimum absolute atomic E-state index is 0.0106. The Balaban J connectivity index is 2.15. The molecule has 3 nitrogen and oxygen atoms in total. The summed E-state index contributed by atoms with van der Waals surface area (Å²) in [5.41, 5.74) is 1.26. The molecule has 0 saturated carbocycles. The predicted octanol–water partition coefficient (Wildman–Crippen LogP) is 3.25. The van der Waals surface area contributed by atoms with Gasteiger partial charge in [-0.05, 0) is 37.4 Å². The summed E-state index contributed by atoms with van der Waals surface area (Å²) in [6.07, 6.45) is 0. The Morgan fingerprint density at radius 2 is 2.17 bits per heavy atom. The first-order chi connectivity index (χ1) is 8.58. The van der Waals surface area contributed by atoms with Crippen LogP contribution in [0.15, 0.2) is 35.7 Å². The van der Waals surface area contributed by atoms with Gasteiger partial charge in [-0.1, -0.05) is 17.7 Å². The fourth-order valence-corrected chi connectivity index (χ4v) is 2.45. The number of hydrogen-bond acceptors (Lipinski definition) is 3. The number of phenolic OH excluding ortho intramolecular Hbond substituents is 1. The Morgan fingerprint density at radius 3 is 2.83 bits per heavy atom. The maximum atomic E-state index is 12.1. The first-order valence-electron chi connectivity index (χ1n) is 5.72. The van der Waals surface area contributed by atoms with E-state index < -0.39 is 0 Å². The number of carbonyl (C=O) groups is 1. The number of phenols is 1. The van der Waals surface area contributed by atoms with Gasteiger partial charge in [0.2, 0.25) is 0 Å². The van der Waals surface area contributed by atoms with Crippen molar-refractivity contribution in [3.8, 4) is 5.75 Å². The summed E-state index contributed by atoms with van der Waals surface area (Å²) in [6, 6.07) is 8.87. The van der Waals surface area contributed by atoms with Gasteiger partial charge in [0.25, 0.3) is 5.91 Å². The maximum Gasteiger partial charge on any atom is 0.255 e. The Bertz CT molecular complexity index is 549. The average molecular weight is 261 g/mol. The van der Waals surface area contributed by atoms with Crippen LogP contribution in [0.2, 0.25) is 0 Å². The van der Waals surface area contributed by atoms with Crippen molar-refractivity contribution in [2.45, 2.75) is 19.9 Å². The van der Waals surface area contributed by atoms with Crippen molar-refractivity contribution < 1.29 is 9.90 Å². The summed E-state index contributed by atoms with van der Waals surface area (Å²) in [5.74, 6) is -0.242. The molecule has 0 radical (unpaired) electrons. The van der Waals surface area contributed by atoms with Crippen LogP contribution in [0.4, 0.5) is 0 Å². The predicted molar refractivity (Wildman–Crippen MR) is 73.0 cm³/mol. The van der Waals surface area contributed by atoms with Gasteiger partial charge >= 0.3 is 0 Å². The fourth-order valence-electron chi connectivity index (χ4n) is 1.71. The normalized spacial score (nSPS) is 12.1. The largest absolute Gasteiger partial charge is 0.507 e. The SMILES string of the molecule is Cc1ccc(O)c(C(=O)NC(C)c2cccs2)c1. The van der Waals surface area contributed by atoms with Crippen molar-refractivity contribution in [3.63, 3.8) is 0 Å². The Morgan fingerprint density at radius 1 is 1.39 bits per heavy atom. The number of thiophene rings is 1. The number of amides is 1. The molecule has 2 N–H and O–H groups in total. The first kappa shape index (κ1) is 12.6. The summed E-state index contributed by atoms with van der Waals surface area (Å²) in [7, 11) is 0. The number of benzene rings is 1. The third-order valence-corrected chi connectivity index (χ3v) is 3.77. The second kappa shape index (κ2) is 5.23. The van der Waals surface area contributed by atoms with Crippen LogP contribution in [0.1, 0.15) is 33.8 Å². The lowest BCUT2D eigenvalue weighted by Crippen LogP contribution is -2.26. The lowest BCUT2D eigenvalue weighted by Gasteiger charge is -2.13. The molecule has 0 aliphatic rings. The highest BCUT2D eigenvalue weighted by Crippen LogP contribution is 2.21. The zero-order chi connectivity index (χ0) is 13.1. The van der Waals surface area contributed by atoms with Gasteiger partial charge in [-0.25, -0.2) is 0 Å². The van der Waals surface area contributed by atoms with Gasteiger partial charge in [0.15, 0.2) is 0 Å².